The molecule has 1 amide bonds. The summed E-state index contributed by atoms with van der Waals surface area (Å²) in [7, 11) is -4.64. The van der Waals surface area contributed by atoms with Gasteiger partial charge in [-0.25, -0.2) is 4.57 Å². The lowest BCUT2D eigenvalue weighted by molar-refractivity contribution is 0.100. The number of primary amides is 1. The molecule has 0 aromatic heterocycles. The summed E-state index contributed by atoms with van der Waals surface area (Å²) >= 11 is 0. The molecule has 0 saturated carbocycles. The quantitative estimate of drug-likeness (QED) is 0.436. The van der Waals surface area contributed by atoms with Gasteiger partial charge in [0.25, 0.3) is 5.91 Å². The number of benzene rings is 2. The Morgan fingerprint density at radius 3 is 2.10 bits per heavy atom. The van der Waals surface area contributed by atoms with Crippen LogP contribution in [0, 0.1) is 0 Å². The average molecular weight is 422 g/mol. The first-order chi connectivity index (χ1) is 13.7. The maximum absolute atomic E-state index is 11.4. The molecule has 2 aromatic rings. The van der Waals surface area contributed by atoms with Gasteiger partial charge < -0.3 is 30.6 Å². The summed E-state index contributed by atoms with van der Waals surface area (Å²) in [6, 6.07) is 17.9. The highest BCUT2D eigenvalue weighted by Crippen LogP contribution is 2.25. The number of nitrogens with two attached hydrogens (primary N) is 1. The van der Waals surface area contributed by atoms with Crippen molar-refractivity contribution in [3.8, 4) is 0 Å². The zero-order valence-electron chi connectivity index (χ0n) is 16.0. The number of hydrogen-bond acceptors (Lipinski definition) is 5. The SMILES string of the molecule is NC(=O)c1ccccc1NCCN1CCN(c2ccccc2)CC1.O=P(O)(O)O. The molecule has 1 heterocycles. The van der Waals surface area contributed by atoms with Crippen LogP contribution >= 0.6 is 7.82 Å². The third-order valence-corrected chi connectivity index (χ3v) is 4.43. The molecular weight excluding hydrogens is 395 g/mol. The molecule has 1 aliphatic heterocycles. The molecule has 9 nitrogen and oxygen atoms in total. The van der Waals surface area contributed by atoms with Crippen molar-refractivity contribution in [3.63, 3.8) is 0 Å². The fraction of sp³-hybridized carbons (Fsp3) is 0.316. The van der Waals surface area contributed by atoms with Crippen molar-refractivity contribution in [1.82, 2.24) is 4.90 Å². The Hall–Kier alpha value is -2.42. The Labute approximate surface area is 170 Å². The summed E-state index contributed by atoms with van der Waals surface area (Å²) < 4.78 is 8.88. The highest BCUT2D eigenvalue weighted by atomic mass is 31.2. The molecule has 0 aliphatic carbocycles. The zero-order chi connectivity index (χ0) is 21.3. The van der Waals surface area contributed by atoms with Gasteiger partial charge in [0.15, 0.2) is 0 Å². The first-order valence-electron chi connectivity index (χ1n) is 9.17. The summed E-state index contributed by atoms with van der Waals surface area (Å²) in [4.78, 5) is 37.9. The molecule has 3 rings (SSSR count). The fourth-order valence-electron chi connectivity index (χ4n) is 3.07. The molecule has 10 heteroatoms. The number of amides is 1. The second-order valence-electron chi connectivity index (χ2n) is 6.51. The number of rotatable bonds is 6. The number of para-hydroxylation sites is 2. The van der Waals surface area contributed by atoms with Gasteiger partial charge in [0.1, 0.15) is 0 Å². The van der Waals surface area contributed by atoms with Crippen LogP contribution in [0.15, 0.2) is 54.6 Å². The Morgan fingerprint density at radius 2 is 1.52 bits per heavy atom. The van der Waals surface area contributed by atoms with E-state index in [9.17, 15) is 4.79 Å². The number of phosphoric acid groups is 1. The average Bonchev–Trinajstić information content (AvgIpc) is 2.68. The molecule has 1 aliphatic rings. The van der Waals surface area contributed by atoms with Gasteiger partial charge in [0.05, 0.1) is 5.56 Å². The van der Waals surface area contributed by atoms with Crippen molar-refractivity contribution < 1.29 is 24.0 Å². The Kier molecular flexibility index (Phi) is 8.63. The summed E-state index contributed by atoms with van der Waals surface area (Å²) in [5.41, 5.74) is 8.06. The van der Waals surface area contributed by atoms with Crippen molar-refractivity contribution in [1.29, 1.82) is 0 Å². The highest BCUT2D eigenvalue weighted by Gasteiger charge is 2.16. The van der Waals surface area contributed by atoms with Crippen molar-refractivity contribution in [2.75, 3.05) is 49.5 Å². The predicted octanol–water partition coefficient (Wildman–Crippen LogP) is 1.09. The minimum atomic E-state index is -4.64. The zero-order valence-corrected chi connectivity index (χ0v) is 16.9. The van der Waals surface area contributed by atoms with Gasteiger partial charge in [-0.3, -0.25) is 9.69 Å². The number of hydrogen-bond donors (Lipinski definition) is 5. The van der Waals surface area contributed by atoms with Gasteiger partial charge in [0.2, 0.25) is 0 Å². The van der Waals surface area contributed by atoms with E-state index in [0.29, 0.717) is 5.56 Å². The van der Waals surface area contributed by atoms with Gasteiger partial charge >= 0.3 is 7.82 Å². The molecule has 1 saturated heterocycles. The van der Waals surface area contributed by atoms with E-state index >= 15 is 0 Å². The fourth-order valence-corrected chi connectivity index (χ4v) is 3.07. The molecule has 0 atom stereocenters. The molecule has 29 heavy (non-hydrogen) atoms. The lowest BCUT2D eigenvalue weighted by Gasteiger charge is -2.36. The van der Waals surface area contributed by atoms with Gasteiger partial charge in [0, 0.05) is 50.6 Å². The predicted molar refractivity (Wildman–Crippen MR) is 113 cm³/mol. The van der Waals surface area contributed by atoms with Crippen LogP contribution in [-0.2, 0) is 4.57 Å². The molecule has 0 spiro atoms. The van der Waals surface area contributed by atoms with Crippen molar-refractivity contribution in [2.45, 2.75) is 0 Å². The van der Waals surface area contributed by atoms with Gasteiger partial charge in [-0.15, -0.1) is 0 Å². The molecule has 0 unspecified atom stereocenters. The number of nitrogens with one attached hydrogen (secondary N) is 1. The van der Waals surface area contributed by atoms with Gasteiger partial charge in [-0.1, -0.05) is 30.3 Å². The van der Waals surface area contributed by atoms with E-state index in [1.165, 1.54) is 5.69 Å². The van der Waals surface area contributed by atoms with Crippen LogP contribution in [0.2, 0.25) is 0 Å². The van der Waals surface area contributed by atoms with Crippen LogP contribution in [0.25, 0.3) is 0 Å². The van der Waals surface area contributed by atoms with E-state index in [-0.39, 0.29) is 0 Å². The number of nitrogens with zero attached hydrogens (tertiary/aromatic N) is 2. The van der Waals surface area contributed by atoms with E-state index in [1.54, 1.807) is 6.07 Å². The maximum atomic E-state index is 11.4. The number of carbonyl (C=O) groups excluding carboxylic acids is 1. The molecule has 1 fully saturated rings. The second kappa shape index (κ2) is 10.9. The van der Waals surface area contributed by atoms with Crippen LogP contribution in [0.3, 0.4) is 0 Å². The second-order valence-corrected chi connectivity index (χ2v) is 7.54. The third-order valence-electron chi connectivity index (χ3n) is 4.43. The number of piperazine rings is 1. The van der Waals surface area contributed by atoms with Gasteiger partial charge in [-0.2, -0.15) is 0 Å². The van der Waals surface area contributed by atoms with Crippen molar-refractivity contribution in [3.05, 3.63) is 60.2 Å². The Balaban J connectivity index is 0.000000537. The maximum Gasteiger partial charge on any atom is 0.466 e. The van der Waals surface area contributed by atoms with Crippen LogP contribution < -0.4 is 16.0 Å². The largest absolute Gasteiger partial charge is 0.466 e. The minimum absolute atomic E-state index is 0.394. The van der Waals surface area contributed by atoms with Crippen LogP contribution in [-0.4, -0.2) is 64.8 Å². The van der Waals surface area contributed by atoms with Gasteiger partial charge in [-0.05, 0) is 24.3 Å². The lowest BCUT2D eigenvalue weighted by Crippen LogP contribution is -2.47. The summed E-state index contributed by atoms with van der Waals surface area (Å²) in [6.07, 6.45) is 0. The molecule has 6 N–H and O–H groups in total. The van der Waals surface area contributed by atoms with E-state index in [0.717, 1.165) is 45.0 Å². The van der Waals surface area contributed by atoms with E-state index in [2.05, 4.69) is 45.4 Å². The van der Waals surface area contributed by atoms with E-state index in [1.807, 2.05) is 18.2 Å². The van der Waals surface area contributed by atoms with Crippen LogP contribution in [0.1, 0.15) is 10.4 Å². The van der Waals surface area contributed by atoms with Crippen molar-refractivity contribution in [2.24, 2.45) is 5.73 Å². The molecule has 0 bridgehead atoms. The standard InChI is InChI=1S/C19H24N4O.H3O4P/c20-19(24)17-8-4-5-9-18(17)21-10-11-22-12-14-23(15-13-22)16-6-2-1-3-7-16;1-5(2,3)4/h1-9,21H,10-15H2,(H2,20,24);(H3,1,2,3,4). The monoisotopic (exact) mass is 422 g/mol. The lowest BCUT2D eigenvalue weighted by atomic mass is 10.1. The number of carbonyl (C=O) groups is 1. The smallest absolute Gasteiger partial charge is 0.383 e. The Morgan fingerprint density at radius 1 is 0.966 bits per heavy atom. The minimum Gasteiger partial charge on any atom is -0.383 e. The normalized spacial score (nSPS) is 14.7. The molecule has 158 valence electrons. The topological polar surface area (TPSA) is 139 Å². The first kappa shape index (κ1) is 22.9. The molecule has 2 aromatic carbocycles. The summed E-state index contributed by atoms with van der Waals surface area (Å²) in [6.45, 7) is 5.94. The van der Waals surface area contributed by atoms with E-state index < -0.39 is 13.7 Å². The highest BCUT2D eigenvalue weighted by molar-refractivity contribution is 7.45. The molecule has 0 radical (unpaired) electrons. The summed E-state index contributed by atoms with van der Waals surface area (Å²) in [5, 5.41) is 3.33. The Bertz CT molecular complexity index is 814. The van der Waals surface area contributed by atoms with E-state index in [4.69, 9.17) is 25.0 Å². The van der Waals surface area contributed by atoms with Crippen LogP contribution in [0.4, 0.5) is 11.4 Å². The third kappa shape index (κ3) is 8.64. The van der Waals surface area contributed by atoms with Crippen molar-refractivity contribution >= 4 is 25.1 Å². The molecular formula is C19H27N4O5P. The first-order valence-corrected chi connectivity index (χ1v) is 10.7. The number of anilines is 2. The van der Waals surface area contributed by atoms with Crippen LogP contribution in [0.5, 0.6) is 0 Å². The summed E-state index contributed by atoms with van der Waals surface area (Å²) in [5.74, 6) is -0.394.